The normalized spacial score (nSPS) is 12.7. The summed E-state index contributed by atoms with van der Waals surface area (Å²) in [5, 5.41) is 3.56. The molecule has 0 saturated heterocycles. The van der Waals surface area contributed by atoms with E-state index in [1.807, 2.05) is 0 Å². The number of nitrogens with one attached hydrogen (secondary N) is 1. The number of rotatable bonds is 7. The lowest BCUT2D eigenvalue weighted by Crippen LogP contribution is -2.25. The minimum Gasteiger partial charge on any atom is -0.310 e. The lowest BCUT2D eigenvalue weighted by Gasteiger charge is -2.13. The Kier molecular flexibility index (Phi) is 6.10. The molecule has 0 heterocycles. The summed E-state index contributed by atoms with van der Waals surface area (Å²) in [5.74, 6) is 0. The molecule has 1 aromatic carbocycles. The van der Waals surface area contributed by atoms with Crippen molar-refractivity contribution in [3.05, 3.63) is 35.9 Å². The van der Waals surface area contributed by atoms with Crippen LogP contribution in [0.3, 0.4) is 0 Å². The van der Waals surface area contributed by atoms with Crippen LogP contribution in [0.15, 0.2) is 30.3 Å². The second-order valence-electron chi connectivity index (χ2n) is 4.26. The van der Waals surface area contributed by atoms with Gasteiger partial charge in [0, 0.05) is 12.6 Å². The van der Waals surface area contributed by atoms with Crippen molar-refractivity contribution < 1.29 is 0 Å². The van der Waals surface area contributed by atoms with Crippen molar-refractivity contribution in [1.29, 1.82) is 0 Å². The third-order valence-corrected chi connectivity index (χ3v) is 2.74. The van der Waals surface area contributed by atoms with Crippen LogP contribution in [0.2, 0.25) is 0 Å². The van der Waals surface area contributed by atoms with Crippen molar-refractivity contribution in [2.75, 3.05) is 0 Å². The minimum absolute atomic E-state index is 0.636. The molecule has 0 fully saturated rings. The monoisotopic (exact) mass is 205 g/mol. The van der Waals surface area contributed by atoms with Gasteiger partial charge in [-0.15, -0.1) is 0 Å². The molecule has 84 valence electrons. The van der Waals surface area contributed by atoms with Crippen LogP contribution in [0, 0.1) is 0 Å². The van der Waals surface area contributed by atoms with Gasteiger partial charge in [0.1, 0.15) is 0 Å². The van der Waals surface area contributed by atoms with Crippen molar-refractivity contribution in [3.8, 4) is 0 Å². The fourth-order valence-electron chi connectivity index (χ4n) is 1.69. The molecule has 0 amide bonds. The highest BCUT2D eigenvalue weighted by molar-refractivity contribution is 5.14. The molecule has 1 heteroatoms. The molecule has 0 aliphatic carbocycles. The highest BCUT2D eigenvalue weighted by Crippen LogP contribution is 2.04. The first kappa shape index (κ1) is 12.3. The Morgan fingerprint density at radius 2 is 1.87 bits per heavy atom. The Hall–Kier alpha value is -0.820. The quantitative estimate of drug-likeness (QED) is 0.669. The SMILES string of the molecule is CCCCC[C@H](C)NCc1ccccc1. The van der Waals surface area contributed by atoms with E-state index in [4.69, 9.17) is 0 Å². The zero-order valence-electron chi connectivity index (χ0n) is 10.00. The molecule has 1 N–H and O–H groups in total. The van der Waals surface area contributed by atoms with Crippen LogP contribution in [-0.2, 0) is 6.54 Å². The second-order valence-corrected chi connectivity index (χ2v) is 4.26. The van der Waals surface area contributed by atoms with Crippen LogP contribution in [0.5, 0.6) is 0 Å². The molecule has 0 aliphatic rings. The topological polar surface area (TPSA) is 12.0 Å². The molecule has 1 nitrogen and oxygen atoms in total. The molecular weight excluding hydrogens is 182 g/mol. The minimum atomic E-state index is 0.636. The van der Waals surface area contributed by atoms with Crippen molar-refractivity contribution in [2.24, 2.45) is 0 Å². The molecule has 0 saturated carbocycles. The third-order valence-electron chi connectivity index (χ3n) is 2.74. The Morgan fingerprint density at radius 1 is 1.13 bits per heavy atom. The van der Waals surface area contributed by atoms with Crippen molar-refractivity contribution in [1.82, 2.24) is 5.32 Å². The predicted octanol–water partition coefficient (Wildman–Crippen LogP) is 3.75. The summed E-state index contributed by atoms with van der Waals surface area (Å²) in [6.07, 6.45) is 5.31. The highest BCUT2D eigenvalue weighted by atomic mass is 14.9. The van der Waals surface area contributed by atoms with Gasteiger partial charge in [-0.25, -0.2) is 0 Å². The van der Waals surface area contributed by atoms with E-state index in [2.05, 4.69) is 49.5 Å². The number of benzene rings is 1. The first-order chi connectivity index (χ1) is 7.33. The van der Waals surface area contributed by atoms with Crippen LogP contribution < -0.4 is 5.32 Å². The highest BCUT2D eigenvalue weighted by Gasteiger charge is 2.00. The molecule has 1 aromatic rings. The zero-order chi connectivity index (χ0) is 10.9. The fourth-order valence-corrected chi connectivity index (χ4v) is 1.69. The molecule has 0 spiro atoms. The molecule has 1 rings (SSSR count). The molecule has 15 heavy (non-hydrogen) atoms. The standard InChI is InChI=1S/C14H23N/c1-3-4-6-9-13(2)15-12-14-10-7-5-8-11-14/h5,7-8,10-11,13,15H,3-4,6,9,12H2,1-2H3/t13-/m0/s1. The molecule has 0 bridgehead atoms. The Balaban J connectivity index is 2.14. The van der Waals surface area contributed by atoms with Gasteiger partial charge >= 0.3 is 0 Å². The largest absolute Gasteiger partial charge is 0.310 e. The maximum absolute atomic E-state index is 3.56. The van der Waals surface area contributed by atoms with Crippen LogP contribution in [0.4, 0.5) is 0 Å². The second kappa shape index (κ2) is 7.47. The van der Waals surface area contributed by atoms with Gasteiger partial charge in [-0.2, -0.15) is 0 Å². The van der Waals surface area contributed by atoms with E-state index in [-0.39, 0.29) is 0 Å². The number of hydrogen-bond donors (Lipinski definition) is 1. The van der Waals surface area contributed by atoms with Gasteiger partial charge < -0.3 is 5.32 Å². The van der Waals surface area contributed by atoms with E-state index < -0.39 is 0 Å². The lowest BCUT2D eigenvalue weighted by molar-refractivity contribution is 0.487. The summed E-state index contributed by atoms with van der Waals surface area (Å²) in [5.41, 5.74) is 1.37. The van der Waals surface area contributed by atoms with Gasteiger partial charge in [0.25, 0.3) is 0 Å². The van der Waals surface area contributed by atoms with E-state index in [1.165, 1.54) is 31.2 Å². The smallest absolute Gasteiger partial charge is 0.0207 e. The van der Waals surface area contributed by atoms with Gasteiger partial charge in [-0.3, -0.25) is 0 Å². The third kappa shape index (κ3) is 5.58. The zero-order valence-corrected chi connectivity index (χ0v) is 10.00. The van der Waals surface area contributed by atoms with Crippen molar-refractivity contribution in [3.63, 3.8) is 0 Å². The summed E-state index contributed by atoms with van der Waals surface area (Å²) in [6.45, 7) is 5.52. The van der Waals surface area contributed by atoms with Gasteiger partial charge in [-0.05, 0) is 18.9 Å². The van der Waals surface area contributed by atoms with Crippen LogP contribution in [0.1, 0.15) is 45.1 Å². The lowest BCUT2D eigenvalue weighted by atomic mass is 10.1. The molecule has 0 aromatic heterocycles. The first-order valence-corrected chi connectivity index (χ1v) is 6.10. The van der Waals surface area contributed by atoms with Gasteiger partial charge in [0.05, 0.1) is 0 Å². The van der Waals surface area contributed by atoms with E-state index in [0.29, 0.717) is 6.04 Å². The number of hydrogen-bond acceptors (Lipinski definition) is 1. The van der Waals surface area contributed by atoms with Gasteiger partial charge in [-0.1, -0.05) is 56.5 Å². The molecule has 0 unspecified atom stereocenters. The first-order valence-electron chi connectivity index (χ1n) is 6.10. The van der Waals surface area contributed by atoms with Crippen LogP contribution in [-0.4, -0.2) is 6.04 Å². The summed E-state index contributed by atoms with van der Waals surface area (Å²) in [7, 11) is 0. The molecule has 0 radical (unpaired) electrons. The van der Waals surface area contributed by atoms with Crippen LogP contribution >= 0.6 is 0 Å². The molecule has 1 atom stereocenters. The Labute approximate surface area is 93.9 Å². The van der Waals surface area contributed by atoms with Gasteiger partial charge in [0.15, 0.2) is 0 Å². The Morgan fingerprint density at radius 3 is 2.53 bits per heavy atom. The average Bonchev–Trinajstić information content (AvgIpc) is 2.28. The average molecular weight is 205 g/mol. The summed E-state index contributed by atoms with van der Waals surface area (Å²) in [4.78, 5) is 0. The van der Waals surface area contributed by atoms with E-state index in [0.717, 1.165) is 6.54 Å². The summed E-state index contributed by atoms with van der Waals surface area (Å²) < 4.78 is 0. The van der Waals surface area contributed by atoms with Crippen LogP contribution in [0.25, 0.3) is 0 Å². The molecular formula is C14H23N. The fraction of sp³-hybridized carbons (Fsp3) is 0.571. The van der Waals surface area contributed by atoms with E-state index in [9.17, 15) is 0 Å². The van der Waals surface area contributed by atoms with Crippen molar-refractivity contribution in [2.45, 2.75) is 52.1 Å². The maximum Gasteiger partial charge on any atom is 0.0207 e. The number of unbranched alkanes of at least 4 members (excludes halogenated alkanes) is 2. The Bertz CT molecular complexity index is 243. The molecule has 0 aliphatic heterocycles. The summed E-state index contributed by atoms with van der Waals surface area (Å²) >= 11 is 0. The predicted molar refractivity (Wildman–Crippen MR) is 66.9 cm³/mol. The van der Waals surface area contributed by atoms with E-state index in [1.54, 1.807) is 0 Å². The summed E-state index contributed by atoms with van der Waals surface area (Å²) in [6, 6.07) is 11.2. The van der Waals surface area contributed by atoms with Gasteiger partial charge in [0.2, 0.25) is 0 Å². The van der Waals surface area contributed by atoms with E-state index >= 15 is 0 Å². The van der Waals surface area contributed by atoms with Crippen molar-refractivity contribution >= 4 is 0 Å². The maximum atomic E-state index is 3.56.